The lowest BCUT2D eigenvalue weighted by atomic mass is 9.76. The van der Waals surface area contributed by atoms with E-state index in [1.54, 1.807) is 0 Å². The topological polar surface area (TPSA) is 26.0 Å². The summed E-state index contributed by atoms with van der Waals surface area (Å²) in [6.07, 6.45) is 3.65. The van der Waals surface area contributed by atoms with Crippen LogP contribution in [0.15, 0.2) is 11.4 Å². The number of rotatable bonds is 1. The van der Waals surface area contributed by atoms with Gasteiger partial charge in [-0.05, 0) is 43.2 Å². The molecule has 11 heavy (non-hydrogen) atoms. The second-order valence-corrected chi connectivity index (χ2v) is 4.36. The zero-order chi connectivity index (χ0) is 7.90. The van der Waals surface area contributed by atoms with Crippen LogP contribution in [0.2, 0.25) is 0 Å². The molecule has 1 aliphatic rings. The highest BCUT2D eigenvalue weighted by molar-refractivity contribution is 7.10. The van der Waals surface area contributed by atoms with Gasteiger partial charge < -0.3 is 5.73 Å². The first-order chi connectivity index (χ1) is 5.22. The Labute approximate surface area is 71.2 Å². The number of nitrogens with two attached hydrogens (primary N) is 1. The van der Waals surface area contributed by atoms with E-state index in [0.29, 0.717) is 0 Å². The molecule has 1 nitrogen and oxygen atoms in total. The summed E-state index contributed by atoms with van der Waals surface area (Å²) >= 11 is 1.81. The van der Waals surface area contributed by atoms with E-state index < -0.39 is 0 Å². The lowest BCUT2D eigenvalue weighted by Crippen LogP contribution is -2.42. The third-order valence-corrected chi connectivity index (χ3v) is 3.80. The maximum atomic E-state index is 6.18. The van der Waals surface area contributed by atoms with E-state index in [2.05, 4.69) is 18.4 Å². The van der Waals surface area contributed by atoms with Gasteiger partial charge >= 0.3 is 0 Å². The van der Waals surface area contributed by atoms with Crippen LogP contribution in [-0.2, 0) is 5.54 Å². The van der Waals surface area contributed by atoms with Crippen LogP contribution in [0, 0.1) is 6.92 Å². The molecule has 0 spiro atoms. The number of thiophene rings is 1. The van der Waals surface area contributed by atoms with Gasteiger partial charge in [-0.2, -0.15) is 0 Å². The summed E-state index contributed by atoms with van der Waals surface area (Å²) in [5.74, 6) is 0. The molecule has 2 N–H and O–H groups in total. The van der Waals surface area contributed by atoms with Crippen molar-refractivity contribution in [1.29, 1.82) is 0 Å². The van der Waals surface area contributed by atoms with E-state index in [1.165, 1.54) is 29.7 Å². The SMILES string of the molecule is Cc1ccsc1C1(N)CCC1. The summed E-state index contributed by atoms with van der Waals surface area (Å²) in [7, 11) is 0. The Hall–Kier alpha value is -0.340. The van der Waals surface area contributed by atoms with Gasteiger partial charge in [-0.25, -0.2) is 0 Å². The van der Waals surface area contributed by atoms with Crippen molar-refractivity contribution in [2.45, 2.75) is 31.7 Å². The van der Waals surface area contributed by atoms with Crippen LogP contribution in [0.25, 0.3) is 0 Å². The standard InChI is InChI=1S/C9H13NS/c1-7-3-6-11-8(7)9(10)4-2-5-9/h3,6H,2,4-5,10H2,1H3. The van der Waals surface area contributed by atoms with Gasteiger partial charge in [-0.3, -0.25) is 0 Å². The lowest BCUT2D eigenvalue weighted by molar-refractivity contribution is 0.258. The third kappa shape index (κ3) is 1.01. The highest BCUT2D eigenvalue weighted by Crippen LogP contribution is 2.42. The molecule has 2 rings (SSSR count). The summed E-state index contributed by atoms with van der Waals surface area (Å²) in [5.41, 5.74) is 7.61. The van der Waals surface area contributed by atoms with Gasteiger partial charge in [0, 0.05) is 4.88 Å². The molecule has 0 atom stereocenters. The number of hydrogen-bond donors (Lipinski definition) is 1. The summed E-state index contributed by atoms with van der Waals surface area (Å²) in [6.45, 7) is 2.15. The van der Waals surface area contributed by atoms with E-state index in [9.17, 15) is 0 Å². The van der Waals surface area contributed by atoms with E-state index in [-0.39, 0.29) is 5.54 Å². The number of hydrogen-bond acceptors (Lipinski definition) is 2. The Balaban J connectivity index is 2.35. The van der Waals surface area contributed by atoms with Crippen LogP contribution >= 0.6 is 11.3 Å². The van der Waals surface area contributed by atoms with Crippen molar-refractivity contribution in [2.75, 3.05) is 0 Å². The smallest absolute Gasteiger partial charge is 0.0506 e. The Bertz CT molecular complexity index is 260. The van der Waals surface area contributed by atoms with Crippen LogP contribution in [0.4, 0.5) is 0 Å². The first-order valence-electron chi connectivity index (χ1n) is 4.06. The maximum Gasteiger partial charge on any atom is 0.0506 e. The minimum Gasteiger partial charge on any atom is -0.321 e. The molecule has 0 bridgehead atoms. The van der Waals surface area contributed by atoms with Gasteiger partial charge in [-0.1, -0.05) is 0 Å². The molecule has 1 aromatic rings. The van der Waals surface area contributed by atoms with Crippen molar-refractivity contribution in [2.24, 2.45) is 5.73 Å². The summed E-state index contributed by atoms with van der Waals surface area (Å²) < 4.78 is 0. The Morgan fingerprint density at radius 2 is 2.27 bits per heavy atom. The fourth-order valence-electron chi connectivity index (χ4n) is 1.67. The normalized spacial score (nSPS) is 21.3. The van der Waals surface area contributed by atoms with Gasteiger partial charge in [0.25, 0.3) is 0 Å². The summed E-state index contributed by atoms with van der Waals surface area (Å²) in [4.78, 5) is 1.41. The zero-order valence-electron chi connectivity index (χ0n) is 6.76. The minimum absolute atomic E-state index is 0.0538. The molecule has 0 unspecified atom stereocenters. The Kier molecular flexibility index (Phi) is 1.55. The average Bonchev–Trinajstić information content (AvgIpc) is 2.30. The van der Waals surface area contributed by atoms with Crippen LogP contribution in [0.3, 0.4) is 0 Å². The first-order valence-corrected chi connectivity index (χ1v) is 4.94. The third-order valence-electron chi connectivity index (χ3n) is 2.56. The molecule has 0 amide bonds. The quantitative estimate of drug-likeness (QED) is 0.683. The lowest BCUT2D eigenvalue weighted by Gasteiger charge is -2.37. The molecule has 0 aromatic carbocycles. The summed E-state index contributed by atoms with van der Waals surface area (Å²) in [5, 5.41) is 2.14. The van der Waals surface area contributed by atoms with Crippen LogP contribution in [0.1, 0.15) is 29.7 Å². The van der Waals surface area contributed by atoms with Crippen molar-refractivity contribution in [1.82, 2.24) is 0 Å². The average molecular weight is 167 g/mol. The molecule has 1 fully saturated rings. The highest BCUT2D eigenvalue weighted by Gasteiger charge is 2.36. The molecule has 1 aromatic heterocycles. The van der Waals surface area contributed by atoms with E-state index in [0.717, 1.165) is 0 Å². The molecule has 0 saturated heterocycles. The number of aryl methyl sites for hydroxylation is 1. The van der Waals surface area contributed by atoms with E-state index >= 15 is 0 Å². The second-order valence-electron chi connectivity index (χ2n) is 3.44. The highest BCUT2D eigenvalue weighted by atomic mass is 32.1. The Morgan fingerprint density at radius 1 is 1.55 bits per heavy atom. The predicted molar refractivity (Wildman–Crippen MR) is 48.8 cm³/mol. The minimum atomic E-state index is 0.0538. The van der Waals surface area contributed by atoms with Crippen LogP contribution in [0.5, 0.6) is 0 Å². The molecule has 0 aliphatic heterocycles. The molecule has 1 heterocycles. The Morgan fingerprint density at radius 3 is 2.64 bits per heavy atom. The molecule has 60 valence electrons. The van der Waals surface area contributed by atoms with Gasteiger partial charge in [0.15, 0.2) is 0 Å². The first kappa shape index (κ1) is 7.32. The second kappa shape index (κ2) is 2.32. The maximum absolute atomic E-state index is 6.18. The van der Waals surface area contributed by atoms with Crippen molar-refractivity contribution < 1.29 is 0 Å². The van der Waals surface area contributed by atoms with E-state index in [1.807, 2.05) is 11.3 Å². The van der Waals surface area contributed by atoms with Crippen molar-refractivity contribution >= 4 is 11.3 Å². The van der Waals surface area contributed by atoms with Crippen molar-refractivity contribution in [3.8, 4) is 0 Å². The largest absolute Gasteiger partial charge is 0.321 e. The van der Waals surface area contributed by atoms with E-state index in [4.69, 9.17) is 5.73 Å². The molecule has 0 radical (unpaired) electrons. The van der Waals surface area contributed by atoms with Crippen molar-refractivity contribution in [3.05, 3.63) is 21.9 Å². The monoisotopic (exact) mass is 167 g/mol. The van der Waals surface area contributed by atoms with Gasteiger partial charge in [0.1, 0.15) is 0 Å². The fraction of sp³-hybridized carbons (Fsp3) is 0.556. The van der Waals surface area contributed by atoms with Crippen LogP contribution in [-0.4, -0.2) is 0 Å². The van der Waals surface area contributed by atoms with Crippen LogP contribution < -0.4 is 5.73 Å². The van der Waals surface area contributed by atoms with Gasteiger partial charge in [0.2, 0.25) is 0 Å². The predicted octanol–water partition coefficient (Wildman–Crippen LogP) is 2.39. The fourth-order valence-corrected chi connectivity index (χ4v) is 2.77. The molecular weight excluding hydrogens is 154 g/mol. The summed E-state index contributed by atoms with van der Waals surface area (Å²) in [6, 6.07) is 2.16. The van der Waals surface area contributed by atoms with Gasteiger partial charge in [0.05, 0.1) is 5.54 Å². The molecule has 1 saturated carbocycles. The molecular formula is C9H13NS. The molecule has 2 heteroatoms. The van der Waals surface area contributed by atoms with Crippen molar-refractivity contribution in [3.63, 3.8) is 0 Å². The van der Waals surface area contributed by atoms with Gasteiger partial charge in [-0.15, -0.1) is 11.3 Å². The zero-order valence-corrected chi connectivity index (χ0v) is 7.58. The molecule has 1 aliphatic carbocycles.